The zero-order valence-corrected chi connectivity index (χ0v) is 29.7. The Kier molecular flexibility index (Phi) is 7.56. The lowest BCUT2D eigenvalue weighted by molar-refractivity contribution is 0.370. The summed E-state index contributed by atoms with van der Waals surface area (Å²) in [6.07, 6.45) is 9.53. The second-order valence-corrected chi connectivity index (χ2v) is 20.7. The Bertz CT molecular complexity index is 1830. The molecular formula is C42H52OSi. The third-order valence-electron chi connectivity index (χ3n) is 11.0. The van der Waals surface area contributed by atoms with Gasteiger partial charge in [-0.05, 0) is 72.5 Å². The Morgan fingerprint density at radius 2 is 1.68 bits per heavy atom. The maximum absolute atomic E-state index is 6.72. The fourth-order valence-corrected chi connectivity index (χ4v) is 13.9. The van der Waals surface area contributed by atoms with E-state index in [9.17, 15) is 0 Å². The summed E-state index contributed by atoms with van der Waals surface area (Å²) in [5.41, 5.74) is 8.59. The molecule has 0 N–H and O–H groups in total. The van der Waals surface area contributed by atoms with Gasteiger partial charge in [-0.25, -0.2) is 0 Å². The van der Waals surface area contributed by atoms with E-state index in [0.717, 1.165) is 24.3 Å². The van der Waals surface area contributed by atoms with Crippen LogP contribution in [0.1, 0.15) is 80.7 Å². The van der Waals surface area contributed by atoms with Gasteiger partial charge >= 0.3 is 0 Å². The summed E-state index contributed by atoms with van der Waals surface area (Å²) in [6.45, 7) is 26.4. The Labute approximate surface area is 267 Å². The molecule has 0 saturated carbocycles. The normalized spacial score (nSPS) is 20.4. The first kappa shape index (κ1) is 30.9. The molecule has 0 heterocycles. The third-order valence-corrected chi connectivity index (χ3v) is 16.7. The maximum atomic E-state index is 6.72. The Morgan fingerprint density at radius 3 is 2.36 bits per heavy atom. The van der Waals surface area contributed by atoms with Crippen molar-refractivity contribution in [2.24, 2.45) is 10.8 Å². The van der Waals surface area contributed by atoms with Crippen molar-refractivity contribution in [3.05, 3.63) is 106 Å². The molecule has 0 aromatic heterocycles. The molecule has 1 atom stereocenters. The topological polar surface area (TPSA) is 9.23 Å². The minimum atomic E-state index is -2.29. The first-order chi connectivity index (χ1) is 20.8. The van der Waals surface area contributed by atoms with Crippen LogP contribution >= 0.6 is 0 Å². The molecular weight excluding hydrogens is 549 g/mol. The Hall–Kier alpha value is -3.10. The second kappa shape index (κ2) is 10.8. The Morgan fingerprint density at radius 1 is 0.955 bits per heavy atom. The van der Waals surface area contributed by atoms with Gasteiger partial charge in [-0.1, -0.05) is 154 Å². The molecule has 230 valence electrons. The summed E-state index contributed by atoms with van der Waals surface area (Å²) < 4.78 is 6.72. The molecule has 0 aliphatic heterocycles. The van der Waals surface area contributed by atoms with Gasteiger partial charge in [0.15, 0.2) is 0 Å². The van der Waals surface area contributed by atoms with Gasteiger partial charge in [-0.3, -0.25) is 0 Å². The average molecular weight is 601 g/mol. The molecule has 2 heteroatoms. The minimum Gasteiger partial charge on any atom is -0.489 e. The van der Waals surface area contributed by atoms with Gasteiger partial charge in [0.05, 0.1) is 0 Å². The van der Waals surface area contributed by atoms with Crippen LogP contribution in [0.2, 0.25) is 17.6 Å². The SMILES string of the molecule is C=CCOc1c([Si](CC)(CC)C2C3=CC(C)(C)CCC3=C3C2=c2cc(C(C)(C)C)ccc2=CC3(C)C)ccc2ccccc12. The predicted molar refractivity (Wildman–Crippen MR) is 194 cm³/mol. The number of benzene rings is 3. The van der Waals surface area contributed by atoms with Crippen molar-refractivity contribution in [1.29, 1.82) is 0 Å². The van der Waals surface area contributed by atoms with Crippen molar-refractivity contribution in [2.45, 2.75) is 98.2 Å². The standard InChI is InChI=1S/C42H52OSi/c1-11-24-43-38-31-17-15-14-16-28(31)19-21-35(38)44(12-2,13-3)39-34-27-41(7,8)23-22-32(34)37-36(39)33-25-30(40(4,5)6)20-18-29(33)26-42(37,9)10/h11,14-21,25-27,39H,1,12-13,22-24H2,2-10H3. The third kappa shape index (κ3) is 4.80. The van der Waals surface area contributed by atoms with Crippen LogP contribution in [0.15, 0.2) is 90.0 Å². The summed E-state index contributed by atoms with van der Waals surface area (Å²) in [4.78, 5) is 0. The van der Waals surface area contributed by atoms with Crippen LogP contribution in [0.25, 0.3) is 22.4 Å². The number of fused-ring (bicyclic) bond motifs is 4. The molecule has 0 bridgehead atoms. The molecule has 1 unspecified atom stereocenters. The molecule has 0 saturated heterocycles. The van der Waals surface area contributed by atoms with Gasteiger partial charge in [0.2, 0.25) is 0 Å². The van der Waals surface area contributed by atoms with E-state index in [4.69, 9.17) is 4.74 Å². The van der Waals surface area contributed by atoms with Crippen LogP contribution in [0.3, 0.4) is 0 Å². The lowest BCUT2D eigenvalue weighted by Gasteiger charge is -2.42. The monoisotopic (exact) mass is 600 g/mol. The van der Waals surface area contributed by atoms with Crippen molar-refractivity contribution in [1.82, 2.24) is 0 Å². The van der Waals surface area contributed by atoms with Gasteiger partial charge in [-0.15, -0.1) is 0 Å². The molecule has 3 aliphatic carbocycles. The zero-order chi connectivity index (χ0) is 31.7. The fraction of sp³-hybridized carbons (Fsp3) is 0.429. The molecule has 0 radical (unpaired) electrons. The lowest BCUT2D eigenvalue weighted by Crippen LogP contribution is -2.53. The summed E-state index contributed by atoms with van der Waals surface area (Å²) in [5, 5.41) is 6.84. The van der Waals surface area contributed by atoms with E-state index in [2.05, 4.69) is 136 Å². The van der Waals surface area contributed by atoms with E-state index in [1.807, 2.05) is 6.08 Å². The molecule has 0 spiro atoms. The number of allylic oxidation sites excluding steroid dienone is 4. The predicted octanol–water partition coefficient (Wildman–Crippen LogP) is 9.50. The van der Waals surface area contributed by atoms with Gasteiger partial charge in [-0.2, -0.15) is 0 Å². The van der Waals surface area contributed by atoms with Crippen molar-refractivity contribution in [2.75, 3.05) is 6.61 Å². The van der Waals surface area contributed by atoms with Gasteiger partial charge in [0.1, 0.15) is 20.4 Å². The van der Waals surface area contributed by atoms with E-state index >= 15 is 0 Å². The van der Waals surface area contributed by atoms with Crippen molar-refractivity contribution < 1.29 is 4.74 Å². The molecule has 3 aliphatic rings. The molecule has 6 rings (SSSR count). The van der Waals surface area contributed by atoms with Crippen molar-refractivity contribution >= 4 is 35.7 Å². The number of ether oxygens (including phenoxy) is 1. The van der Waals surface area contributed by atoms with Crippen molar-refractivity contribution in [3.63, 3.8) is 0 Å². The number of rotatable bonds is 7. The van der Waals surface area contributed by atoms with Crippen LogP contribution in [-0.2, 0) is 5.41 Å². The van der Waals surface area contributed by atoms with E-state index < -0.39 is 8.07 Å². The number of hydrogen-bond donors (Lipinski definition) is 0. The lowest BCUT2D eigenvalue weighted by atomic mass is 9.72. The molecule has 3 aromatic carbocycles. The first-order valence-corrected chi connectivity index (χ1v) is 19.4. The van der Waals surface area contributed by atoms with Gasteiger partial charge < -0.3 is 4.74 Å². The molecule has 3 aromatic rings. The van der Waals surface area contributed by atoms with E-state index in [1.165, 1.54) is 38.4 Å². The van der Waals surface area contributed by atoms with Gasteiger partial charge in [0.25, 0.3) is 0 Å². The quantitative estimate of drug-likeness (QED) is 0.194. The molecule has 0 fully saturated rings. The fourth-order valence-electron chi connectivity index (χ4n) is 8.73. The summed E-state index contributed by atoms with van der Waals surface area (Å²) in [7, 11) is -2.29. The van der Waals surface area contributed by atoms with Crippen LogP contribution in [0.4, 0.5) is 0 Å². The van der Waals surface area contributed by atoms with Crippen LogP contribution in [0.5, 0.6) is 5.75 Å². The van der Waals surface area contributed by atoms with Crippen LogP contribution < -0.4 is 20.4 Å². The molecule has 1 nitrogen and oxygen atoms in total. The highest BCUT2D eigenvalue weighted by molar-refractivity contribution is 6.95. The van der Waals surface area contributed by atoms with Crippen LogP contribution in [0, 0.1) is 10.8 Å². The zero-order valence-electron chi connectivity index (χ0n) is 28.7. The molecule has 44 heavy (non-hydrogen) atoms. The first-order valence-electron chi connectivity index (χ1n) is 16.9. The smallest absolute Gasteiger partial charge is 0.126 e. The highest BCUT2D eigenvalue weighted by Crippen LogP contribution is 2.62. The van der Waals surface area contributed by atoms with Crippen LogP contribution in [-0.4, -0.2) is 14.7 Å². The summed E-state index contributed by atoms with van der Waals surface area (Å²) in [5.74, 6) is 1.09. The summed E-state index contributed by atoms with van der Waals surface area (Å²) >= 11 is 0. The highest BCUT2D eigenvalue weighted by atomic mass is 28.3. The van der Waals surface area contributed by atoms with E-state index in [-0.39, 0.29) is 16.2 Å². The molecule has 0 amide bonds. The maximum Gasteiger partial charge on any atom is 0.126 e. The average Bonchev–Trinajstić information content (AvgIpc) is 3.31. The van der Waals surface area contributed by atoms with E-state index in [1.54, 1.807) is 22.3 Å². The largest absolute Gasteiger partial charge is 0.489 e. The highest BCUT2D eigenvalue weighted by Gasteiger charge is 2.54. The minimum absolute atomic E-state index is 0.0244. The second-order valence-electron chi connectivity index (χ2n) is 15.8. The number of hydrogen-bond acceptors (Lipinski definition) is 1. The van der Waals surface area contributed by atoms with Gasteiger partial charge in [0, 0.05) is 16.3 Å². The summed E-state index contributed by atoms with van der Waals surface area (Å²) in [6, 6.07) is 23.3. The Balaban J connectivity index is 1.77. The van der Waals surface area contributed by atoms with Crippen molar-refractivity contribution in [3.8, 4) is 5.75 Å². The van der Waals surface area contributed by atoms with E-state index in [0.29, 0.717) is 12.1 Å².